The molecule has 3 aliphatic carbocycles. The van der Waals surface area contributed by atoms with Gasteiger partial charge in [0.25, 0.3) is 17.8 Å². The Morgan fingerprint density at radius 1 is 1.06 bits per heavy atom. The van der Waals surface area contributed by atoms with Crippen molar-refractivity contribution < 1.29 is 41.7 Å². The predicted molar refractivity (Wildman–Crippen MR) is 182 cm³/mol. The smallest absolute Gasteiger partial charge is 0.329 e. The van der Waals surface area contributed by atoms with Crippen molar-refractivity contribution in [3.05, 3.63) is 41.2 Å². The first-order valence-corrected chi connectivity index (χ1v) is 18.7. The Morgan fingerprint density at radius 3 is 2.46 bits per heavy atom. The molecule has 282 valence electrons. The van der Waals surface area contributed by atoms with Crippen LogP contribution in [0, 0.1) is 17.8 Å². The minimum absolute atomic E-state index is 0.0275. The number of ether oxygens (including phenoxy) is 2. The molecule has 4 heterocycles. The summed E-state index contributed by atoms with van der Waals surface area (Å²) in [4.78, 5) is 38.9. The molecule has 14 heteroatoms. The van der Waals surface area contributed by atoms with Crippen LogP contribution in [-0.2, 0) is 20.9 Å². The van der Waals surface area contributed by atoms with E-state index in [4.69, 9.17) is 9.47 Å². The summed E-state index contributed by atoms with van der Waals surface area (Å²) in [6.07, 6.45) is 8.06. The van der Waals surface area contributed by atoms with Gasteiger partial charge in [0, 0.05) is 50.0 Å². The molecule has 2 aromatic rings. The number of anilines is 2. The number of carbonyl (C=O) groups excluding carboxylic acids is 1. The molecule has 8 rings (SSSR count). The van der Waals surface area contributed by atoms with Crippen LogP contribution < -0.4 is 15.0 Å². The van der Waals surface area contributed by atoms with Crippen LogP contribution in [0.5, 0.6) is 5.75 Å². The number of aromatic nitrogens is 2. The van der Waals surface area contributed by atoms with Crippen molar-refractivity contribution >= 4 is 23.5 Å². The lowest BCUT2D eigenvalue weighted by atomic mass is 9.76. The van der Waals surface area contributed by atoms with Crippen LogP contribution in [0.25, 0.3) is 0 Å². The van der Waals surface area contributed by atoms with Crippen molar-refractivity contribution in [2.45, 2.75) is 113 Å². The SMILES string of the molecule is CC1CC2CC(C1)C(NC(=O)c1cnc(N3CC4(CCOCC4)c4cc(OC5CCC(N6CC(F)(F)C6)CC5)ccc43)nc1C(C)(F)F)(C(=O)O)C2. The number of likely N-dealkylation sites (tertiary alicyclic amines) is 1. The van der Waals surface area contributed by atoms with E-state index in [1.165, 1.54) is 0 Å². The van der Waals surface area contributed by atoms with Gasteiger partial charge in [-0.05, 0) is 106 Å². The molecule has 4 atom stereocenters. The van der Waals surface area contributed by atoms with Gasteiger partial charge in [0.05, 0.1) is 24.8 Å². The average Bonchev–Trinajstić information content (AvgIpc) is 3.53. The lowest BCUT2D eigenvalue weighted by Gasteiger charge is -2.46. The fourth-order valence-electron chi connectivity index (χ4n) is 10.3. The maximum absolute atomic E-state index is 15.3. The van der Waals surface area contributed by atoms with Gasteiger partial charge in [-0.1, -0.05) is 6.92 Å². The number of nitrogens with zero attached hydrogens (tertiary/aromatic N) is 4. The van der Waals surface area contributed by atoms with E-state index in [0.29, 0.717) is 64.0 Å². The summed E-state index contributed by atoms with van der Waals surface area (Å²) < 4.78 is 69.7. The summed E-state index contributed by atoms with van der Waals surface area (Å²) in [7, 11) is 0. The van der Waals surface area contributed by atoms with Crippen LogP contribution in [0.1, 0.15) is 99.7 Å². The first kappa shape index (κ1) is 35.5. The number of carboxylic acids is 1. The number of aliphatic carboxylic acids is 1. The van der Waals surface area contributed by atoms with Crippen LogP contribution in [-0.4, -0.2) is 88.3 Å². The molecule has 1 aromatic heterocycles. The van der Waals surface area contributed by atoms with E-state index in [1.54, 1.807) is 0 Å². The van der Waals surface area contributed by atoms with Gasteiger partial charge < -0.3 is 24.8 Å². The van der Waals surface area contributed by atoms with Gasteiger partial charge in [-0.15, -0.1) is 0 Å². The lowest BCUT2D eigenvalue weighted by Crippen LogP contribution is -2.60. The molecule has 4 unspecified atom stereocenters. The summed E-state index contributed by atoms with van der Waals surface area (Å²) in [5.41, 5.74) is -1.33. The van der Waals surface area contributed by atoms with Crippen LogP contribution in [0.3, 0.4) is 0 Å². The van der Waals surface area contributed by atoms with E-state index in [2.05, 4.69) is 22.2 Å². The zero-order valence-electron chi connectivity index (χ0n) is 29.7. The molecule has 3 saturated carbocycles. The van der Waals surface area contributed by atoms with Crippen molar-refractivity contribution in [3.8, 4) is 5.75 Å². The molecule has 1 aromatic carbocycles. The topological polar surface area (TPSA) is 117 Å². The van der Waals surface area contributed by atoms with Crippen molar-refractivity contribution in [1.82, 2.24) is 20.2 Å². The Kier molecular flexibility index (Phi) is 8.75. The minimum atomic E-state index is -3.52. The highest BCUT2D eigenvalue weighted by Gasteiger charge is 2.57. The summed E-state index contributed by atoms with van der Waals surface area (Å²) >= 11 is 0. The highest BCUT2D eigenvalue weighted by Crippen LogP contribution is 2.52. The van der Waals surface area contributed by atoms with Gasteiger partial charge in [0.15, 0.2) is 0 Å². The molecule has 10 nitrogen and oxygen atoms in total. The van der Waals surface area contributed by atoms with E-state index < -0.39 is 40.5 Å². The standard InChI is InChI=1S/C38H47F4N5O5/c1-22-13-23-15-24(14-22)38(17-23,33(49)50)45-32(48)28-18-43-34(44-31(28)35(2,39)40)47-19-36(9-11-51-12-10-36)29-16-27(7-8-30(29)47)52-26-5-3-25(4-6-26)46-20-37(41,42)21-46/h7-8,16,18,22-26H,3-6,9-15,17,19-21H2,1-2H3,(H,45,48)(H,49,50). The van der Waals surface area contributed by atoms with Crippen molar-refractivity contribution in [2.24, 2.45) is 17.8 Å². The third-order valence-corrected chi connectivity index (χ3v) is 12.8. The maximum Gasteiger partial charge on any atom is 0.329 e. The number of hydrogen-bond donors (Lipinski definition) is 2. The fourth-order valence-corrected chi connectivity index (χ4v) is 10.3. The second-order valence-electron chi connectivity index (χ2n) is 16.6. The number of benzene rings is 1. The normalized spacial score (nSPS) is 32.3. The highest BCUT2D eigenvalue weighted by molar-refractivity contribution is 5.99. The van der Waals surface area contributed by atoms with Crippen molar-refractivity contribution in [2.75, 3.05) is 37.7 Å². The number of rotatable bonds is 8. The summed E-state index contributed by atoms with van der Waals surface area (Å²) in [5, 5.41) is 13.0. The molecule has 2 saturated heterocycles. The second kappa shape index (κ2) is 12.8. The average molecular weight is 730 g/mol. The Labute approximate surface area is 300 Å². The van der Waals surface area contributed by atoms with Gasteiger partial charge in [0.1, 0.15) is 17.0 Å². The first-order chi connectivity index (χ1) is 24.6. The summed E-state index contributed by atoms with van der Waals surface area (Å²) in [6.45, 7) is 3.90. The van der Waals surface area contributed by atoms with Crippen LogP contribution in [0.4, 0.5) is 29.2 Å². The first-order valence-electron chi connectivity index (χ1n) is 18.7. The van der Waals surface area contributed by atoms with Crippen molar-refractivity contribution in [1.29, 1.82) is 0 Å². The van der Waals surface area contributed by atoms with E-state index in [9.17, 15) is 23.5 Å². The second-order valence-corrected chi connectivity index (χ2v) is 16.6. The molecular formula is C38H47F4N5O5. The molecule has 3 aliphatic heterocycles. The molecule has 6 aliphatic rings. The van der Waals surface area contributed by atoms with Crippen molar-refractivity contribution in [3.63, 3.8) is 0 Å². The van der Waals surface area contributed by atoms with Gasteiger partial charge in [0.2, 0.25) is 5.95 Å². The largest absolute Gasteiger partial charge is 0.490 e. The third kappa shape index (κ3) is 6.31. The summed E-state index contributed by atoms with van der Waals surface area (Å²) in [6, 6.07) is 5.92. The summed E-state index contributed by atoms with van der Waals surface area (Å²) in [5.74, 6) is -7.24. The molecule has 1 spiro atoms. The number of carbonyl (C=O) groups is 2. The molecule has 5 fully saturated rings. The number of carboxylic acid groups (broad SMARTS) is 1. The number of fused-ring (bicyclic) bond motifs is 4. The predicted octanol–water partition coefficient (Wildman–Crippen LogP) is 6.44. The Hall–Kier alpha value is -3.52. The van der Waals surface area contributed by atoms with E-state index in [1.807, 2.05) is 28.0 Å². The zero-order valence-corrected chi connectivity index (χ0v) is 29.7. The maximum atomic E-state index is 15.3. The molecule has 52 heavy (non-hydrogen) atoms. The number of halogens is 4. The van der Waals surface area contributed by atoms with Crippen LogP contribution in [0.15, 0.2) is 24.4 Å². The number of nitrogens with one attached hydrogen (secondary N) is 1. The molecule has 2 N–H and O–H groups in total. The molecule has 1 amide bonds. The van der Waals surface area contributed by atoms with Gasteiger partial charge in [-0.2, -0.15) is 8.78 Å². The van der Waals surface area contributed by atoms with Gasteiger partial charge >= 0.3 is 5.97 Å². The number of hydrogen-bond acceptors (Lipinski definition) is 8. The zero-order chi connectivity index (χ0) is 36.6. The molecular weight excluding hydrogens is 682 g/mol. The fraction of sp³-hybridized carbons (Fsp3) is 0.684. The minimum Gasteiger partial charge on any atom is -0.490 e. The highest BCUT2D eigenvalue weighted by atomic mass is 19.3. The number of alkyl halides is 4. The van der Waals surface area contributed by atoms with E-state index >= 15 is 8.78 Å². The quantitative estimate of drug-likeness (QED) is 0.296. The van der Waals surface area contributed by atoms with Crippen LogP contribution in [0.2, 0.25) is 0 Å². The van der Waals surface area contributed by atoms with Gasteiger partial charge in [-0.3, -0.25) is 9.69 Å². The lowest BCUT2D eigenvalue weighted by molar-refractivity contribution is -0.151. The Bertz CT molecular complexity index is 1720. The van der Waals surface area contributed by atoms with E-state index in [0.717, 1.165) is 49.6 Å². The molecule has 0 radical (unpaired) electrons. The monoisotopic (exact) mass is 729 g/mol. The van der Waals surface area contributed by atoms with Gasteiger partial charge in [-0.25, -0.2) is 23.5 Å². The number of amides is 1. The Morgan fingerprint density at radius 2 is 1.79 bits per heavy atom. The molecule has 2 bridgehead atoms. The third-order valence-electron chi connectivity index (χ3n) is 12.8. The van der Waals surface area contributed by atoms with Crippen LogP contribution >= 0.6 is 0 Å². The van der Waals surface area contributed by atoms with E-state index in [-0.39, 0.29) is 54.9 Å². The Balaban J connectivity index is 1.05.